The molecule has 4 heteroatoms. The first-order valence-corrected chi connectivity index (χ1v) is 7.32. The van der Waals surface area contributed by atoms with Crippen molar-refractivity contribution in [3.05, 3.63) is 29.8 Å². The van der Waals surface area contributed by atoms with E-state index in [9.17, 15) is 4.79 Å². The molecule has 0 spiro atoms. The maximum Gasteiger partial charge on any atom is 0.220 e. The summed E-state index contributed by atoms with van der Waals surface area (Å²) >= 11 is 1.75. The Morgan fingerprint density at radius 3 is 2.67 bits per heavy atom. The Balaban J connectivity index is 2.36. The first-order valence-electron chi connectivity index (χ1n) is 6.10. The largest absolute Gasteiger partial charge is 0.399 e. The molecule has 100 valence electrons. The minimum absolute atomic E-state index is 0.0837. The van der Waals surface area contributed by atoms with Crippen molar-refractivity contribution in [2.45, 2.75) is 31.4 Å². The third-order valence-electron chi connectivity index (χ3n) is 2.94. The molecule has 0 heterocycles. The minimum atomic E-state index is 0.0837. The van der Waals surface area contributed by atoms with E-state index in [1.165, 1.54) is 0 Å². The summed E-state index contributed by atoms with van der Waals surface area (Å²) < 4.78 is 0.0848. The van der Waals surface area contributed by atoms with Gasteiger partial charge in [0, 0.05) is 23.4 Å². The van der Waals surface area contributed by atoms with Crippen molar-refractivity contribution in [3.63, 3.8) is 0 Å². The molecule has 0 radical (unpaired) electrons. The summed E-state index contributed by atoms with van der Waals surface area (Å²) in [7, 11) is 0. The first kappa shape index (κ1) is 14.9. The highest BCUT2D eigenvalue weighted by molar-refractivity contribution is 7.99. The van der Waals surface area contributed by atoms with Crippen molar-refractivity contribution in [1.82, 2.24) is 5.32 Å². The lowest BCUT2D eigenvalue weighted by Crippen LogP contribution is -2.36. The van der Waals surface area contributed by atoms with Crippen molar-refractivity contribution in [2.75, 3.05) is 18.5 Å². The predicted octanol–water partition coefficient (Wildman–Crippen LogP) is 2.46. The van der Waals surface area contributed by atoms with Gasteiger partial charge in [-0.1, -0.05) is 18.2 Å². The van der Waals surface area contributed by atoms with Gasteiger partial charge in [0.2, 0.25) is 5.91 Å². The van der Waals surface area contributed by atoms with Gasteiger partial charge in [0.25, 0.3) is 0 Å². The molecule has 0 aromatic heterocycles. The number of anilines is 1. The van der Waals surface area contributed by atoms with E-state index in [2.05, 4.69) is 25.4 Å². The number of amides is 1. The van der Waals surface area contributed by atoms with Gasteiger partial charge in [0.1, 0.15) is 0 Å². The number of nitrogens with one attached hydrogen (secondary N) is 1. The highest BCUT2D eigenvalue weighted by Crippen LogP contribution is 2.19. The second-order valence-corrected chi connectivity index (χ2v) is 6.45. The second-order valence-electron chi connectivity index (χ2n) is 4.94. The van der Waals surface area contributed by atoms with Crippen LogP contribution in [0.1, 0.15) is 25.8 Å². The highest BCUT2D eigenvalue weighted by Gasteiger charge is 2.16. The topological polar surface area (TPSA) is 55.1 Å². The number of hydrogen-bond acceptors (Lipinski definition) is 3. The quantitative estimate of drug-likeness (QED) is 0.778. The van der Waals surface area contributed by atoms with Crippen molar-refractivity contribution in [1.29, 1.82) is 0 Å². The lowest BCUT2D eigenvalue weighted by Gasteiger charge is -2.22. The van der Waals surface area contributed by atoms with Crippen LogP contribution in [-0.2, 0) is 11.2 Å². The Hall–Kier alpha value is -1.16. The van der Waals surface area contributed by atoms with E-state index in [1.54, 1.807) is 11.8 Å². The van der Waals surface area contributed by atoms with Crippen LogP contribution in [0.5, 0.6) is 0 Å². The molecule has 0 aliphatic rings. The fourth-order valence-electron chi connectivity index (χ4n) is 1.48. The van der Waals surface area contributed by atoms with Crippen LogP contribution in [0.2, 0.25) is 0 Å². The van der Waals surface area contributed by atoms with Crippen LogP contribution < -0.4 is 11.1 Å². The zero-order chi connectivity index (χ0) is 13.6. The smallest absolute Gasteiger partial charge is 0.220 e. The van der Waals surface area contributed by atoms with Crippen LogP contribution in [0.4, 0.5) is 5.69 Å². The van der Waals surface area contributed by atoms with E-state index in [0.717, 1.165) is 11.3 Å². The van der Waals surface area contributed by atoms with Crippen molar-refractivity contribution in [2.24, 2.45) is 0 Å². The van der Waals surface area contributed by atoms with Crippen molar-refractivity contribution < 1.29 is 4.79 Å². The van der Waals surface area contributed by atoms with Crippen LogP contribution in [0.3, 0.4) is 0 Å². The van der Waals surface area contributed by atoms with Crippen LogP contribution in [-0.4, -0.2) is 23.5 Å². The predicted molar refractivity (Wildman–Crippen MR) is 79.8 cm³/mol. The van der Waals surface area contributed by atoms with E-state index in [1.807, 2.05) is 24.3 Å². The monoisotopic (exact) mass is 266 g/mol. The fourth-order valence-corrected chi connectivity index (χ4v) is 1.70. The molecule has 0 unspecified atom stereocenters. The number of aryl methyl sites for hydroxylation is 1. The first-order chi connectivity index (χ1) is 8.44. The minimum Gasteiger partial charge on any atom is -0.399 e. The number of benzene rings is 1. The van der Waals surface area contributed by atoms with Gasteiger partial charge in [-0.25, -0.2) is 0 Å². The number of para-hydroxylation sites is 1. The molecule has 0 fully saturated rings. The zero-order valence-corrected chi connectivity index (χ0v) is 12.1. The average Bonchev–Trinajstić information content (AvgIpc) is 2.35. The number of carbonyl (C=O) groups excluding carboxylic acids is 1. The highest BCUT2D eigenvalue weighted by atomic mass is 32.2. The SMILES string of the molecule is CSC(C)(C)CNC(=O)CCc1ccccc1N. The van der Waals surface area contributed by atoms with Crippen molar-refractivity contribution >= 4 is 23.4 Å². The molecule has 1 aromatic carbocycles. The van der Waals surface area contributed by atoms with Gasteiger partial charge in [-0.05, 0) is 38.2 Å². The number of thioether (sulfide) groups is 1. The van der Waals surface area contributed by atoms with Gasteiger partial charge in [0.15, 0.2) is 0 Å². The number of nitrogen functional groups attached to an aromatic ring is 1. The lowest BCUT2D eigenvalue weighted by molar-refractivity contribution is -0.121. The molecule has 0 saturated heterocycles. The van der Waals surface area contributed by atoms with Gasteiger partial charge in [-0.3, -0.25) is 4.79 Å². The number of carbonyl (C=O) groups is 1. The summed E-state index contributed by atoms with van der Waals surface area (Å²) in [6.45, 7) is 4.93. The Morgan fingerprint density at radius 2 is 2.06 bits per heavy atom. The molecule has 1 amide bonds. The molecule has 3 nitrogen and oxygen atoms in total. The van der Waals surface area contributed by atoms with Gasteiger partial charge in [0.05, 0.1) is 0 Å². The maximum atomic E-state index is 11.7. The molecule has 0 bridgehead atoms. The third-order valence-corrected chi connectivity index (χ3v) is 4.19. The average molecular weight is 266 g/mol. The molecule has 0 aliphatic heterocycles. The van der Waals surface area contributed by atoms with E-state index >= 15 is 0 Å². The second kappa shape index (κ2) is 6.69. The summed E-state index contributed by atoms with van der Waals surface area (Å²) in [5, 5.41) is 2.96. The van der Waals surface area contributed by atoms with Crippen LogP contribution >= 0.6 is 11.8 Å². The molecule has 0 saturated carbocycles. The molecule has 18 heavy (non-hydrogen) atoms. The Morgan fingerprint density at radius 1 is 1.39 bits per heavy atom. The van der Waals surface area contributed by atoms with Crippen LogP contribution in [0, 0.1) is 0 Å². The maximum absolute atomic E-state index is 11.7. The van der Waals surface area contributed by atoms with Gasteiger partial charge >= 0.3 is 0 Å². The zero-order valence-electron chi connectivity index (χ0n) is 11.3. The van der Waals surface area contributed by atoms with E-state index < -0.39 is 0 Å². The normalized spacial score (nSPS) is 11.3. The Labute approximate surface area is 114 Å². The summed E-state index contributed by atoms with van der Waals surface area (Å²) in [4.78, 5) is 11.7. The van der Waals surface area contributed by atoms with E-state index in [0.29, 0.717) is 19.4 Å². The molecule has 3 N–H and O–H groups in total. The molecule has 0 atom stereocenters. The Bertz CT molecular complexity index is 405. The fraction of sp³-hybridized carbons (Fsp3) is 0.500. The number of nitrogens with two attached hydrogens (primary N) is 1. The molecule has 0 aliphatic carbocycles. The van der Waals surface area contributed by atoms with Crippen molar-refractivity contribution in [3.8, 4) is 0 Å². The molecule has 1 aromatic rings. The molecular weight excluding hydrogens is 244 g/mol. The summed E-state index contributed by atoms with van der Waals surface area (Å²) in [6, 6.07) is 7.68. The molecule has 1 rings (SSSR count). The van der Waals surface area contributed by atoms with Crippen LogP contribution in [0.25, 0.3) is 0 Å². The molecular formula is C14H22N2OS. The van der Waals surface area contributed by atoms with Crippen LogP contribution in [0.15, 0.2) is 24.3 Å². The summed E-state index contributed by atoms with van der Waals surface area (Å²) in [6.07, 6.45) is 3.23. The van der Waals surface area contributed by atoms with Gasteiger partial charge in [-0.15, -0.1) is 0 Å². The number of rotatable bonds is 6. The van der Waals surface area contributed by atoms with E-state index in [4.69, 9.17) is 5.73 Å². The van der Waals surface area contributed by atoms with Gasteiger partial charge in [-0.2, -0.15) is 11.8 Å². The standard InChI is InChI=1S/C14H22N2OS/c1-14(2,18-3)10-16-13(17)9-8-11-6-4-5-7-12(11)15/h4-7H,8-10,15H2,1-3H3,(H,16,17). The lowest BCUT2D eigenvalue weighted by atomic mass is 10.1. The third kappa shape index (κ3) is 5.00. The number of hydrogen-bond donors (Lipinski definition) is 2. The summed E-state index contributed by atoms with van der Waals surface area (Å²) in [5.74, 6) is 0.0837. The van der Waals surface area contributed by atoms with E-state index in [-0.39, 0.29) is 10.7 Å². The Kier molecular flexibility index (Phi) is 5.54. The summed E-state index contributed by atoms with van der Waals surface area (Å²) in [5.41, 5.74) is 7.63. The van der Waals surface area contributed by atoms with Gasteiger partial charge < -0.3 is 11.1 Å².